The maximum atomic E-state index is 12.5. The van der Waals surface area contributed by atoms with E-state index in [0.29, 0.717) is 11.4 Å². The van der Waals surface area contributed by atoms with E-state index in [9.17, 15) is 9.90 Å². The van der Waals surface area contributed by atoms with E-state index in [1.165, 1.54) is 0 Å². The standard InChI is InChI=1S/C19H22N6O2/c1-2-25-17(11-26)23-24-18(25)14-9-15(10-14)21-19(27)13-5-3-12(4-6-13)16-7-8-20-22-16/h3-8,14-15,26H,2,9-11H2,1H3,(H,20,22)(H,21,27). The maximum Gasteiger partial charge on any atom is 0.251 e. The zero-order chi connectivity index (χ0) is 18.8. The van der Waals surface area contributed by atoms with Crippen molar-refractivity contribution in [3.63, 3.8) is 0 Å². The number of hydrogen-bond acceptors (Lipinski definition) is 5. The number of hydrogen-bond donors (Lipinski definition) is 3. The lowest BCUT2D eigenvalue weighted by atomic mass is 9.79. The molecule has 2 aromatic heterocycles. The molecule has 1 fully saturated rings. The molecule has 1 amide bonds. The summed E-state index contributed by atoms with van der Waals surface area (Å²) in [6.45, 7) is 2.63. The van der Waals surface area contributed by atoms with Gasteiger partial charge in [-0.25, -0.2) is 0 Å². The van der Waals surface area contributed by atoms with Gasteiger partial charge >= 0.3 is 0 Å². The average molecular weight is 366 g/mol. The Kier molecular flexibility index (Phi) is 4.72. The van der Waals surface area contributed by atoms with Crippen LogP contribution in [0.3, 0.4) is 0 Å². The van der Waals surface area contributed by atoms with Crippen molar-refractivity contribution in [2.24, 2.45) is 0 Å². The molecular formula is C19H22N6O2. The third-order valence-corrected chi connectivity index (χ3v) is 5.11. The molecule has 140 valence electrons. The van der Waals surface area contributed by atoms with Crippen molar-refractivity contribution in [1.29, 1.82) is 0 Å². The molecule has 0 saturated heterocycles. The number of H-pyrrole nitrogens is 1. The molecule has 1 saturated carbocycles. The van der Waals surface area contributed by atoms with Gasteiger partial charge in [-0.1, -0.05) is 12.1 Å². The zero-order valence-corrected chi connectivity index (χ0v) is 15.1. The van der Waals surface area contributed by atoms with Crippen molar-refractivity contribution in [3.8, 4) is 11.3 Å². The second-order valence-electron chi connectivity index (χ2n) is 6.76. The Bertz CT molecular complexity index is 910. The van der Waals surface area contributed by atoms with Gasteiger partial charge in [0.25, 0.3) is 5.91 Å². The summed E-state index contributed by atoms with van der Waals surface area (Å²) >= 11 is 0. The summed E-state index contributed by atoms with van der Waals surface area (Å²) in [4.78, 5) is 12.5. The summed E-state index contributed by atoms with van der Waals surface area (Å²) < 4.78 is 1.96. The molecule has 0 radical (unpaired) electrons. The van der Waals surface area contributed by atoms with E-state index in [4.69, 9.17) is 0 Å². The maximum absolute atomic E-state index is 12.5. The summed E-state index contributed by atoms with van der Waals surface area (Å²) in [6.07, 6.45) is 3.37. The van der Waals surface area contributed by atoms with Gasteiger partial charge in [-0.15, -0.1) is 10.2 Å². The van der Waals surface area contributed by atoms with Crippen LogP contribution in [0, 0.1) is 0 Å². The first kappa shape index (κ1) is 17.4. The third-order valence-electron chi connectivity index (χ3n) is 5.11. The summed E-state index contributed by atoms with van der Waals surface area (Å²) in [7, 11) is 0. The Morgan fingerprint density at radius 1 is 1.26 bits per heavy atom. The number of aromatic nitrogens is 5. The van der Waals surface area contributed by atoms with E-state index in [1.54, 1.807) is 6.20 Å². The second kappa shape index (κ2) is 7.32. The summed E-state index contributed by atoms with van der Waals surface area (Å²) in [5.41, 5.74) is 2.55. The van der Waals surface area contributed by atoms with E-state index in [1.807, 2.05) is 41.8 Å². The first-order chi connectivity index (χ1) is 13.2. The van der Waals surface area contributed by atoms with Gasteiger partial charge in [0, 0.05) is 30.3 Å². The first-order valence-corrected chi connectivity index (χ1v) is 9.13. The smallest absolute Gasteiger partial charge is 0.251 e. The number of aliphatic hydroxyl groups is 1. The number of rotatable bonds is 6. The molecule has 0 atom stereocenters. The highest BCUT2D eigenvalue weighted by molar-refractivity contribution is 5.94. The molecule has 27 heavy (non-hydrogen) atoms. The van der Waals surface area contributed by atoms with Crippen LogP contribution < -0.4 is 5.32 Å². The van der Waals surface area contributed by atoms with Crippen molar-refractivity contribution in [2.45, 2.75) is 44.9 Å². The molecule has 2 heterocycles. The number of amides is 1. The van der Waals surface area contributed by atoms with Gasteiger partial charge in [-0.3, -0.25) is 9.89 Å². The van der Waals surface area contributed by atoms with E-state index in [0.717, 1.165) is 36.5 Å². The predicted octanol–water partition coefficient (Wildman–Crippen LogP) is 1.86. The molecule has 1 aliphatic carbocycles. The minimum atomic E-state index is -0.109. The fourth-order valence-corrected chi connectivity index (χ4v) is 3.55. The van der Waals surface area contributed by atoms with Gasteiger partial charge in [0.2, 0.25) is 0 Å². The number of aromatic amines is 1. The fraction of sp³-hybridized carbons (Fsp3) is 0.368. The lowest BCUT2D eigenvalue weighted by Crippen LogP contribution is -2.44. The molecule has 8 nitrogen and oxygen atoms in total. The third kappa shape index (κ3) is 3.35. The largest absolute Gasteiger partial charge is 0.388 e. The fourth-order valence-electron chi connectivity index (χ4n) is 3.55. The molecule has 0 spiro atoms. The van der Waals surface area contributed by atoms with E-state index >= 15 is 0 Å². The Morgan fingerprint density at radius 3 is 2.67 bits per heavy atom. The van der Waals surface area contributed by atoms with Gasteiger partial charge in [0.15, 0.2) is 5.82 Å². The van der Waals surface area contributed by atoms with Crippen LogP contribution in [0.15, 0.2) is 36.5 Å². The van der Waals surface area contributed by atoms with Crippen LogP contribution in [0.1, 0.15) is 47.7 Å². The minimum absolute atomic E-state index is 0.0670. The highest BCUT2D eigenvalue weighted by Crippen LogP contribution is 2.36. The van der Waals surface area contributed by atoms with Crippen LogP contribution in [0.4, 0.5) is 0 Å². The van der Waals surface area contributed by atoms with Crippen molar-refractivity contribution in [3.05, 3.63) is 53.7 Å². The van der Waals surface area contributed by atoms with Gasteiger partial charge in [-0.2, -0.15) is 5.10 Å². The molecule has 3 N–H and O–H groups in total. The molecular weight excluding hydrogens is 344 g/mol. The van der Waals surface area contributed by atoms with Crippen LogP contribution in [0.5, 0.6) is 0 Å². The van der Waals surface area contributed by atoms with Crippen molar-refractivity contribution < 1.29 is 9.90 Å². The van der Waals surface area contributed by atoms with Crippen LogP contribution in [0.25, 0.3) is 11.3 Å². The molecule has 3 aromatic rings. The van der Waals surface area contributed by atoms with Gasteiger partial charge in [0.05, 0.1) is 5.69 Å². The number of aliphatic hydroxyl groups excluding tert-OH is 1. The molecule has 0 aliphatic heterocycles. The van der Waals surface area contributed by atoms with E-state index < -0.39 is 0 Å². The van der Waals surface area contributed by atoms with Gasteiger partial charge < -0.3 is 15.0 Å². The number of carbonyl (C=O) groups is 1. The molecule has 0 bridgehead atoms. The zero-order valence-electron chi connectivity index (χ0n) is 15.1. The summed E-state index contributed by atoms with van der Waals surface area (Å²) in [6, 6.07) is 9.49. The molecule has 1 aliphatic rings. The van der Waals surface area contributed by atoms with Crippen molar-refractivity contribution in [1.82, 2.24) is 30.3 Å². The van der Waals surface area contributed by atoms with E-state index in [2.05, 4.69) is 25.7 Å². The normalized spacial score (nSPS) is 18.9. The lowest BCUT2D eigenvalue weighted by Gasteiger charge is -2.35. The van der Waals surface area contributed by atoms with Crippen molar-refractivity contribution >= 4 is 5.91 Å². The minimum Gasteiger partial charge on any atom is -0.388 e. The van der Waals surface area contributed by atoms with Crippen molar-refractivity contribution in [2.75, 3.05) is 0 Å². The average Bonchev–Trinajstić information content (AvgIpc) is 3.33. The van der Waals surface area contributed by atoms with Gasteiger partial charge in [-0.05, 0) is 43.5 Å². The number of nitrogens with zero attached hydrogens (tertiary/aromatic N) is 4. The number of nitrogens with one attached hydrogen (secondary N) is 2. The number of carbonyl (C=O) groups excluding carboxylic acids is 1. The predicted molar refractivity (Wildman–Crippen MR) is 98.9 cm³/mol. The monoisotopic (exact) mass is 366 g/mol. The van der Waals surface area contributed by atoms with Crippen LogP contribution >= 0.6 is 0 Å². The highest BCUT2D eigenvalue weighted by Gasteiger charge is 2.35. The van der Waals surface area contributed by atoms with Crippen LogP contribution in [-0.4, -0.2) is 42.0 Å². The molecule has 0 unspecified atom stereocenters. The Morgan fingerprint density at radius 2 is 2.04 bits per heavy atom. The summed E-state index contributed by atoms with van der Waals surface area (Å²) in [5, 5.41) is 27.5. The Balaban J connectivity index is 1.35. The highest BCUT2D eigenvalue weighted by atomic mass is 16.3. The lowest BCUT2D eigenvalue weighted by molar-refractivity contribution is 0.0906. The second-order valence-corrected chi connectivity index (χ2v) is 6.76. The van der Waals surface area contributed by atoms with Crippen LogP contribution in [-0.2, 0) is 13.2 Å². The van der Waals surface area contributed by atoms with Crippen LogP contribution in [0.2, 0.25) is 0 Å². The quantitative estimate of drug-likeness (QED) is 0.617. The molecule has 8 heteroatoms. The molecule has 1 aromatic carbocycles. The first-order valence-electron chi connectivity index (χ1n) is 9.13. The summed E-state index contributed by atoms with van der Waals surface area (Å²) in [5.74, 6) is 1.70. The van der Waals surface area contributed by atoms with E-state index in [-0.39, 0.29) is 24.5 Å². The Hall–Kier alpha value is -3.00. The SMILES string of the molecule is CCn1c(CO)nnc1C1CC(NC(=O)c2ccc(-c3ccn[nH]3)cc2)C1. The topological polar surface area (TPSA) is 109 Å². The Labute approximate surface area is 156 Å². The number of benzene rings is 1. The molecule has 4 rings (SSSR count). The van der Waals surface area contributed by atoms with Gasteiger partial charge in [0.1, 0.15) is 12.4 Å².